The number of unbranched alkanes of at least 4 members (excludes halogenated alkanes) is 2. The van der Waals surface area contributed by atoms with E-state index in [0.717, 1.165) is 48.5 Å². The zero-order chi connectivity index (χ0) is 15.8. The number of carbonyl (C=O) groups is 1. The Morgan fingerprint density at radius 3 is 2.23 bits per heavy atom. The number of hydrogen-bond donors (Lipinski definition) is 0. The topological polar surface area (TPSA) is 35.5 Å². The maximum absolute atomic E-state index is 11.5. The lowest BCUT2D eigenvalue weighted by atomic mass is 10.0. The average molecular weight is 300 g/mol. The van der Waals surface area contributed by atoms with Crippen molar-refractivity contribution < 1.29 is 14.3 Å². The molecule has 0 heterocycles. The normalized spacial score (nSPS) is 10.6. The van der Waals surface area contributed by atoms with Crippen molar-refractivity contribution in [2.24, 2.45) is 0 Å². The molecule has 0 amide bonds. The highest BCUT2D eigenvalue weighted by Crippen LogP contribution is 2.36. The van der Waals surface area contributed by atoms with Crippen molar-refractivity contribution in [2.45, 2.75) is 39.5 Å². The van der Waals surface area contributed by atoms with Crippen LogP contribution in [0.15, 0.2) is 30.3 Å². The largest absolute Gasteiger partial charge is 0.493 e. The first-order chi connectivity index (χ1) is 10.8. The minimum atomic E-state index is 0.557. The molecule has 2 aromatic carbocycles. The molecule has 2 rings (SSSR count). The Morgan fingerprint density at radius 1 is 0.955 bits per heavy atom. The SMILES string of the molecule is CCCCOc1cc(C=O)c(OCCCC)c2ccccc12. The van der Waals surface area contributed by atoms with Crippen molar-refractivity contribution in [1.82, 2.24) is 0 Å². The van der Waals surface area contributed by atoms with E-state index in [-0.39, 0.29) is 0 Å². The molecule has 0 saturated heterocycles. The fourth-order valence-corrected chi connectivity index (χ4v) is 2.35. The summed E-state index contributed by atoms with van der Waals surface area (Å²) < 4.78 is 11.7. The van der Waals surface area contributed by atoms with Gasteiger partial charge in [0.1, 0.15) is 11.5 Å². The Balaban J connectivity index is 2.41. The highest BCUT2D eigenvalue weighted by atomic mass is 16.5. The fourth-order valence-electron chi connectivity index (χ4n) is 2.35. The van der Waals surface area contributed by atoms with Gasteiger partial charge in [0, 0.05) is 10.8 Å². The Bertz CT molecular complexity index is 619. The predicted octanol–water partition coefficient (Wildman–Crippen LogP) is 5.01. The molecule has 3 heteroatoms. The summed E-state index contributed by atoms with van der Waals surface area (Å²) in [6, 6.07) is 9.73. The molecule has 0 saturated carbocycles. The van der Waals surface area contributed by atoms with E-state index in [1.165, 1.54) is 0 Å². The third kappa shape index (κ3) is 3.79. The second-order valence-electron chi connectivity index (χ2n) is 5.36. The smallest absolute Gasteiger partial charge is 0.153 e. The van der Waals surface area contributed by atoms with Gasteiger partial charge in [-0.2, -0.15) is 0 Å². The zero-order valence-corrected chi connectivity index (χ0v) is 13.4. The zero-order valence-electron chi connectivity index (χ0n) is 13.4. The number of ether oxygens (including phenoxy) is 2. The number of hydrogen-bond acceptors (Lipinski definition) is 3. The molecule has 22 heavy (non-hydrogen) atoms. The third-order valence-corrected chi connectivity index (χ3v) is 3.61. The Morgan fingerprint density at radius 2 is 1.59 bits per heavy atom. The number of fused-ring (bicyclic) bond motifs is 1. The summed E-state index contributed by atoms with van der Waals surface area (Å²) in [5, 5.41) is 1.94. The fraction of sp³-hybridized carbons (Fsp3) is 0.421. The van der Waals surface area contributed by atoms with Crippen LogP contribution in [-0.4, -0.2) is 19.5 Å². The van der Waals surface area contributed by atoms with Crippen molar-refractivity contribution in [3.05, 3.63) is 35.9 Å². The minimum Gasteiger partial charge on any atom is -0.493 e. The van der Waals surface area contributed by atoms with Gasteiger partial charge < -0.3 is 9.47 Å². The monoisotopic (exact) mass is 300 g/mol. The molecule has 0 bridgehead atoms. The first-order valence-electron chi connectivity index (χ1n) is 8.08. The van der Waals surface area contributed by atoms with Crippen LogP contribution in [0.2, 0.25) is 0 Å². The standard InChI is InChI=1S/C19H24O3/c1-3-5-11-21-18-13-15(14-20)19(22-12-6-4-2)17-10-8-7-9-16(17)18/h7-10,13-14H,3-6,11-12H2,1-2H3. The maximum atomic E-state index is 11.5. The van der Waals surface area contributed by atoms with Gasteiger partial charge in [-0.1, -0.05) is 51.0 Å². The van der Waals surface area contributed by atoms with Crippen LogP contribution >= 0.6 is 0 Å². The first-order valence-corrected chi connectivity index (χ1v) is 8.08. The van der Waals surface area contributed by atoms with Gasteiger partial charge in [0.15, 0.2) is 6.29 Å². The molecular formula is C19H24O3. The van der Waals surface area contributed by atoms with E-state index >= 15 is 0 Å². The van der Waals surface area contributed by atoms with Crippen LogP contribution in [-0.2, 0) is 0 Å². The molecule has 2 aromatic rings. The minimum absolute atomic E-state index is 0.557. The molecule has 0 aliphatic carbocycles. The molecule has 0 aliphatic heterocycles. The number of benzene rings is 2. The summed E-state index contributed by atoms with van der Waals surface area (Å²) in [6.07, 6.45) is 4.96. The quantitative estimate of drug-likeness (QED) is 0.482. The molecule has 118 valence electrons. The van der Waals surface area contributed by atoms with Crippen molar-refractivity contribution in [1.29, 1.82) is 0 Å². The van der Waals surface area contributed by atoms with E-state index in [9.17, 15) is 4.79 Å². The van der Waals surface area contributed by atoms with Gasteiger partial charge >= 0.3 is 0 Å². The molecule has 0 fully saturated rings. The summed E-state index contributed by atoms with van der Waals surface area (Å²) >= 11 is 0. The molecule has 3 nitrogen and oxygen atoms in total. The highest BCUT2D eigenvalue weighted by Gasteiger charge is 2.13. The lowest BCUT2D eigenvalue weighted by Gasteiger charge is -2.15. The summed E-state index contributed by atoms with van der Waals surface area (Å²) in [5.41, 5.74) is 0.557. The molecule has 0 aromatic heterocycles. The molecule has 0 N–H and O–H groups in total. The molecule has 0 spiro atoms. The van der Waals surface area contributed by atoms with E-state index in [1.807, 2.05) is 24.3 Å². The van der Waals surface area contributed by atoms with Crippen LogP contribution in [0.1, 0.15) is 49.9 Å². The van der Waals surface area contributed by atoms with Crippen LogP contribution in [0.5, 0.6) is 11.5 Å². The summed E-state index contributed by atoms with van der Waals surface area (Å²) in [6.45, 7) is 5.53. The van der Waals surface area contributed by atoms with Crippen LogP contribution in [0.4, 0.5) is 0 Å². The lowest BCUT2D eigenvalue weighted by molar-refractivity contribution is 0.111. The number of rotatable bonds is 9. The predicted molar refractivity (Wildman–Crippen MR) is 90.1 cm³/mol. The van der Waals surface area contributed by atoms with E-state index in [1.54, 1.807) is 6.07 Å². The number of carbonyl (C=O) groups excluding carboxylic acids is 1. The Kier molecular flexibility index (Phi) is 6.26. The van der Waals surface area contributed by atoms with E-state index in [2.05, 4.69) is 13.8 Å². The van der Waals surface area contributed by atoms with E-state index in [4.69, 9.17) is 9.47 Å². The van der Waals surface area contributed by atoms with Gasteiger partial charge in [-0.15, -0.1) is 0 Å². The summed E-state index contributed by atoms with van der Waals surface area (Å²) in [7, 11) is 0. The number of aldehydes is 1. The van der Waals surface area contributed by atoms with Crippen molar-refractivity contribution >= 4 is 17.1 Å². The summed E-state index contributed by atoms with van der Waals surface area (Å²) in [4.78, 5) is 11.5. The molecule has 0 radical (unpaired) electrons. The van der Waals surface area contributed by atoms with Crippen LogP contribution in [0, 0.1) is 0 Å². The summed E-state index contributed by atoms with van der Waals surface area (Å²) in [5.74, 6) is 1.43. The van der Waals surface area contributed by atoms with Gasteiger partial charge in [-0.25, -0.2) is 0 Å². The van der Waals surface area contributed by atoms with Crippen molar-refractivity contribution in [3.8, 4) is 11.5 Å². The molecule has 0 atom stereocenters. The van der Waals surface area contributed by atoms with Gasteiger partial charge in [0.2, 0.25) is 0 Å². The lowest BCUT2D eigenvalue weighted by Crippen LogP contribution is -2.03. The third-order valence-electron chi connectivity index (χ3n) is 3.61. The Labute approximate surface area is 132 Å². The van der Waals surface area contributed by atoms with Gasteiger partial charge in [0.25, 0.3) is 0 Å². The van der Waals surface area contributed by atoms with Crippen LogP contribution < -0.4 is 9.47 Å². The van der Waals surface area contributed by atoms with Crippen LogP contribution in [0.25, 0.3) is 10.8 Å². The second kappa shape index (κ2) is 8.42. The van der Waals surface area contributed by atoms with Gasteiger partial charge in [-0.05, 0) is 18.9 Å². The molecule has 0 aliphatic rings. The van der Waals surface area contributed by atoms with Crippen molar-refractivity contribution in [3.63, 3.8) is 0 Å². The first kappa shape index (κ1) is 16.3. The van der Waals surface area contributed by atoms with Crippen LogP contribution in [0.3, 0.4) is 0 Å². The Hall–Kier alpha value is -2.03. The maximum Gasteiger partial charge on any atom is 0.153 e. The van der Waals surface area contributed by atoms with Gasteiger partial charge in [-0.3, -0.25) is 4.79 Å². The van der Waals surface area contributed by atoms with E-state index in [0.29, 0.717) is 24.5 Å². The average Bonchev–Trinajstić information content (AvgIpc) is 2.56. The molecule has 0 unspecified atom stereocenters. The van der Waals surface area contributed by atoms with Crippen molar-refractivity contribution in [2.75, 3.05) is 13.2 Å². The second-order valence-corrected chi connectivity index (χ2v) is 5.36. The van der Waals surface area contributed by atoms with E-state index < -0.39 is 0 Å². The highest BCUT2D eigenvalue weighted by molar-refractivity contribution is 5.99. The molecular weight excluding hydrogens is 276 g/mol. The van der Waals surface area contributed by atoms with Gasteiger partial charge in [0.05, 0.1) is 18.8 Å².